The summed E-state index contributed by atoms with van der Waals surface area (Å²) in [5.41, 5.74) is 5.99. The van der Waals surface area contributed by atoms with Crippen LogP contribution in [0.3, 0.4) is 0 Å². The predicted octanol–water partition coefficient (Wildman–Crippen LogP) is 1.49. The number of ether oxygens (including phenoxy) is 1. The van der Waals surface area contributed by atoms with E-state index in [0.29, 0.717) is 19.1 Å². The minimum atomic E-state index is -0.393. The molecule has 17 heavy (non-hydrogen) atoms. The van der Waals surface area contributed by atoms with Crippen molar-refractivity contribution in [2.24, 2.45) is 17.6 Å². The number of amides is 1. The first kappa shape index (κ1) is 16.4. The van der Waals surface area contributed by atoms with E-state index in [4.69, 9.17) is 10.5 Å². The molecular formula is C13H28N2O2. The van der Waals surface area contributed by atoms with E-state index in [2.05, 4.69) is 20.8 Å². The highest BCUT2D eigenvalue weighted by Gasteiger charge is 2.25. The van der Waals surface area contributed by atoms with Crippen LogP contribution < -0.4 is 5.73 Å². The van der Waals surface area contributed by atoms with Crippen molar-refractivity contribution < 1.29 is 9.53 Å². The van der Waals surface area contributed by atoms with Crippen LogP contribution >= 0.6 is 0 Å². The molecule has 1 unspecified atom stereocenters. The third kappa shape index (κ3) is 6.03. The molecule has 0 rings (SSSR count). The molecule has 0 aliphatic heterocycles. The molecular weight excluding hydrogens is 216 g/mol. The van der Waals surface area contributed by atoms with Crippen molar-refractivity contribution in [3.63, 3.8) is 0 Å². The molecule has 1 amide bonds. The van der Waals surface area contributed by atoms with E-state index in [0.717, 1.165) is 13.0 Å². The summed E-state index contributed by atoms with van der Waals surface area (Å²) in [4.78, 5) is 14.1. The molecule has 0 saturated carbocycles. The molecule has 0 spiro atoms. The van der Waals surface area contributed by atoms with E-state index in [1.54, 1.807) is 7.11 Å². The summed E-state index contributed by atoms with van der Waals surface area (Å²) in [6, 6.07) is -0.393. The standard InChI is InChI=1S/C13H28N2O2/c1-6-11(4)12(14)13(16)15(7-8-17-5)9-10(2)3/h10-12H,6-9,14H2,1-5H3/t11?,12-/m0/s1. The van der Waals surface area contributed by atoms with Gasteiger partial charge in [0.05, 0.1) is 12.6 Å². The first-order chi connectivity index (χ1) is 7.93. The molecule has 2 atom stereocenters. The maximum absolute atomic E-state index is 12.2. The van der Waals surface area contributed by atoms with E-state index < -0.39 is 6.04 Å². The molecule has 102 valence electrons. The van der Waals surface area contributed by atoms with Gasteiger partial charge in [-0.1, -0.05) is 34.1 Å². The largest absolute Gasteiger partial charge is 0.383 e. The number of hydrogen-bond acceptors (Lipinski definition) is 3. The summed E-state index contributed by atoms with van der Waals surface area (Å²) in [5.74, 6) is 0.713. The van der Waals surface area contributed by atoms with Gasteiger partial charge in [-0.2, -0.15) is 0 Å². The topological polar surface area (TPSA) is 55.6 Å². The highest BCUT2D eigenvalue weighted by atomic mass is 16.5. The van der Waals surface area contributed by atoms with Crippen molar-refractivity contribution in [2.45, 2.75) is 40.2 Å². The van der Waals surface area contributed by atoms with E-state index in [1.807, 2.05) is 11.8 Å². The van der Waals surface area contributed by atoms with Gasteiger partial charge in [0.15, 0.2) is 0 Å². The summed E-state index contributed by atoms with van der Waals surface area (Å²) in [7, 11) is 1.65. The van der Waals surface area contributed by atoms with Gasteiger partial charge in [0.2, 0.25) is 5.91 Å². The number of rotatable bonds is 8. The van der Waals surface area contributed by atoms with Crippen LogP contribution in [0.1, 0.15) is 34.1 Å². The van der Waals surface area contributed by atoms with Gasteiger partial charge in [-0.05, 0) is 11.8 Å². The fourth-order valence-corrected chi connectivity index (χ4v) is 1.64. The lowest BCUT2D eigenvalue weighted by atomic mass is 9.98. The average molecular weight is 244 g/mol. The second-order valence-electron chi connectivity index (χ2n) is 5.08. The van der Waals surface area contributed by atoms with Gasteiger partial charge < -0.3 is 15.4 Å². The second-order valence-corrected chi connectivity index (χ2v) is 5.08. The molecule has 0 bridgehead atoms. The van der Waals surface area contributed by atoms with Crippen LogP contribution in [0.5, 0.6) is 0 Å². The van der Waals surface area contributed by atoms with Crippen molar-refractivity contribution in [1.82, 2.24) is 4.90 Å². The summed E-state index contributed by atoms with van der Waals surface area (Å²) >= 11 is 0. The normalized spacial score (nSPS) is 14.8. The van der Waals surface area contributed by atoms with Gasteiger partial charge in [-0.25, -0.2) is 0 Å². The minimum absolute atomic E-state index is 0.0464. The zero-order valence-electron chi connectivity index (χ0n) is 11.9. The van der Waals surface area contributed by atoms with Crippen LogP contribution in [-0.2, 0) is 9.53 Å². The fourth-order valence-electron chi connectivity index (χ4n) is 1.64. The molecule has 0 aromatic carbocycles. The van der Waals surface area contributed by atoms with Gasteiger partial charge in [-0.15, -0.1) is 0 Å². The third-order valence-corrected chi connectivity index (χ3v) is 3.00. The lowest BCUT2D eigenvalue weighted by molar-refractivity contribution is -0.135. The molecule has 2 N–H and O–H groups in total. The van der Waals surface area contributed by atoms with Gasteiger partial charge in [-0.3, -0.25) is 4.79 Å². The second kappa shape index (κ2) is 8.48. The number of carbonyl (C=O) groups excluding carboxylic acids is 1. The van der Waals surface area contributed by atoms with Crippen LogP contribution in [0.15, 0.2) is 0 Å². The Hall–Kier alpha value is -0.610. The molecule has 0 fully saturated rings. The smallest absolute Gasteiger partial charge is 0.239 e. The Kier molecular flexibility index (Phi) is 8.17. The number of nitrogens with zero attached hydrogens (tertiary/aromatic N) is 1. The molecule has 4 heteroatoms. The quantitative estimate of drug-likeness (QED) is 0.704. The molecule has 0 aromatic heterocycles. The van der Waals surface area contributed by atoms with Crippen molar-refractivity contribution in [3.05, 3.63) is 0 Å². The number of carbonyl (C=O) groups is 1. The summed E-state index contributed by atoms with van der Waals surface area (Å²) in [5, 5.41) is 0. The summed E-state index contributed by atoms with van der Waals surface area (Å²) < 4.78 is 5.04. The van der Waals surface area contributed by atoms with Crippen LogP contribution in [0, 0.1) is 11.8 Å². The maximum atomic E-state index is 12.2. The van der Waals surface area contributed by atoms with E-state index in [-0.39, 0.29) is 11.8 Å². The molecule has 0 heterocycles. The summed E-state index contributed by atoms with van der Waals surface area (Å²) in [6.07, 6.45) is 0.923. The van der Waals surface area contributed by atoms with Crippen molar-refractivity contribution >= 4 is 5.91 Å². The Balaban J connectivity index is 4.49. The monoisotopic (exact) mass is 244 g/mol. The molecule has 0 aromatic rings. The van der Waals surface area contributed by atoms with Crippen molar-refractivity contribution in [2.75, 3.05) is 26.8 Å². The number of nitrogens with two attached hydrogens (primary N) is 1. The molecule has 0 aliphatic carbocycles. The van der Waals surface area contributed by atoms with Gasteiger partial charge >= 0.3 is 0 Å². The van der Waals surface area contributed by atoms with Gasteiger partial charge in [0.1, 0.15) is 0 Å². The van der Waals surface area contributed by atoms with E-state index in [9.17, 15) is 4.79 Å². The average Bonchev–Trinajstić information content (AvgIpc) is 2.31. The maximum Gasteiger partial charge on any atom is 0.239 e. The number of methoxy groups -OCH3 is 1. The Bertz CT molecular complexity index is 219. The van der Waals surface area contributed by atoms with E-state index in [1.165, 1.54) is 0 Å². The van der Waals surface area contributed by atoms with Crippen LogP contribution in [-0.4, -0.2) is 43.7 Å². The lowest BCUT2D eigenvalue weighted by Gasteiger charge is -2.29. The molecule has 0 radical (unpaired) electrons. The fraction of sp³-hybridized carbons (Fsp3) is 0.923. The Morgan fingerprint density at radius 3 is 2.35 bits per heavy atom. The van der Waals surface area contributed by atoms with Crippen LogP contribution in [0.25, 0.3) is 0 Å². The molecule has 4 nitrogen and oxygen atoms in total. The minimum Gasteiger partial charge on any atom is -0.383 e. The highest BCUT2D eigenvalue weighted by molar-refractivity contribution is 5.82. The van der Waals surface area contributed by atoms with Crippen LogP contribution in [0.4, 0.5) is 0 Å². The SMILES string of the molecule is CCC(C)[C@H](N)C(=O)N(CCOC)CC(C)C. The molecule has 0 saturated heterocycles. The van der Waals surface area contributed by atoms with Gasteiger partial charge in [0, 0.05) is 20.2 Å². The zero-order chi connectivity index (χ0) is 13.4. The van der Waals surface area contributed by atoms with Gasteiger partial charge in [0.25, 0.3) is 0 Å². The van der Waals surface area contributed by atoms with Crippen LogP contribution in [0.2, 0.25) is 0 Å². The summed E-state index contributed by atoms with van der Waals surface area (Å²) in [6.45, 7) is 10.2. The first-order valence-electron chi connectivity index (χ1n) is 6.47. The Labute approximate surface area is 105 Å². The predicted molar refractivity (Wildman–Crippen MR) is 70.7 cm³/mol. The van der Waals surface area contributed by atoms with E-state index >= 15 is 0 Å². The third-order valence-electron chi connectivity index (χ3n) is 3.00. The Morgan fingerprint density at radius 1 is 1.35 bits per heavy atom. The van der Waals surface area contributed by atoms with Crippen molar-refractivity contribution in [1.29, 1.82) is 0 Å². The number of hydrogen-bond donors (Lipinski definition) is 1. The first-order valence-corrected chi connectivity index (χ1v) is 6.47. The zero-order valence-corrected chi connectivity index (χ0v) is 11.9. The van der Waals surface area contributed by atoms with Crippen molar-refractivity contribution in [3.8, 4) is 0 Å². The molecule has 0 aliphatic rings. The Morgan fingerprint density at radius 2 is 1.94 bits per heavy atom. The lowest BCUT2D eigenvalue weighted by Crippen LogP contribution is -2.49. The highest BCUT2D eigenvalue weighted by Crippen LogP contribution is 2.10.